The highest BCUT2D eigenvalue weighted by Gasteiger charge is 2.26. The molecule has 152 valence electrons. The molecule has 0 radical (unpaired) electrons. The molecule has 0 saturated carbocycles. The van der Waals surface area contributed by atoms with Crippen molar-refractivity contribution in [2.75, 3.05) is 18.1 Å². The second kappa shape index (κ2) is 8.86. The van der Waals surface area contributed by atoms with Crippen LogP contribution in [0.3, 0.4) is 0 Å². The number of hydrogen-bond donors (Lipinski definition) is 2. The molecule has 0 bridgehead atoms. The molecule has 0 saturated heterocycles. The van der Waals surface area contributed by atoms with Crippen molar-refractivity contribution < 1.29 is 19.1 Å². The third-order valence-electron chi connectivity index (χ3n) is 3.97. The Balaban J connectivity index is 1.95. The van der Waals surface area contributed by atoms with Gasteiger partial charge in [-0.3, -0.25) is 9.59 Å². The maximum Gasteiger partial charge on any atom is 0.407 e. The van der Waals surface area contributed by atoms with Gasteiger partial charge in [0.2, 0.25) is 5.91 Å². The van der Waals surface area contributed by atoms with E-state index in [2.05, 4.69) is 15.7 Å². The molecule has 3 amide bonds. The van der Waals surface area contributed by atoms with Crippen LogP contribution >= 0.6 is 0 Å². The zero-order chi connectivity index (χ0) is 20.9. The fourth-order valence-corrected chi connectivity index (χ4v) is 2.61. The van der Waals surface area contributed by atoms with Crippen molar-refractivity contribution >= 4 is 29.3 Å². The number of benzene rings is 1. The van der Waals surface area contributed by atoms with Crippen LogP contribution < -0.4 is 15.6 Å². The second-order valence-corrected chi connectivity index (χ2v) is 7.73. The number of aryl methyl sites for hydroxylation is 2. The second-order valence-electron chi connectivity index (χ2n) is 7.73. The Hall–Kier alpha value is -2.90. The summed E-state index contributed by atoms with van der Waals surface area (Å²) < 4.78 is 5.13. The van der Waals surface area contributed by atoms with Gasteiger partial charge in [0.25, 0.3) is 5.91 Å². The Morgan fingerprint density at radius 2 is 1.82 bits per heavy atom. The SMILES string of the molecule is Cc1ccc(C)c(N2N=C(C(=O)NCCNC(=O)OC(C)(C)C)CCC2=O)c1. The standard InChI is InChI=1S/C20H28N4O4/c1-13-6-7-14(2)16(12-13)24-17(25)9-8-15(23-24)18(26)21-10-11-22-19(27)28-20(3,4)5/h6-7,12H,8-11H2,1-5H3,(H,21,26)(H,22,27). The highest BCUT2D eigenvalue weighted by Crippen LogP contribution is 2.25. The minimum absolute atomic E-state index is 0.142. The molecule has 1 aromatic rings. The molecule has 0 aliphatic carbocycles. The lowest BCUT2D eigenvalue weighted by molar-refractivity contribution is -0.119. The lowest BCUT2D eigenvalue weighted by Crippen LogP contribution is -2.42. The van der Waals surface area contributed by atoms with Gasteiger partial charge in [0.1, 0.15) is 11.3 Å². The summed E-state index contributed by atoms with van der Waals surface area (Å²) in [5.41, 5.74) is 2.31. The number of hydrogen-bond acceptors (Lipinski definition) is 5. The Labute approximate surface area is 165 Å². The smallest absolute Gasteiger partial charge is 0.407 e. The van der Waals surface area contributed by atoms with Gasteiger partial charge >= 0.3 is 6.09 Å². The van der Waals surface area contributed by atoms with E-state index in [0.29, 0.717) is 5.69 Å². The van der Waals surface area contributed by atoms with Crippen molar-refractivity contribution in [2.45, 2.75) is 53.1 Å². The van der Waals surface area contributed by atoms with Crippen LogP contribution in [0, 0.1) is 13.8 Å². The average Bonchev–Trinajstić information content (AvgIpc) is 2.59. The van der Waals surface area contributed by atoms with Crippen LogP contribution in [-0.2, 0) is 14.3 Å². The number of ether oxygens (including phenoxy) is 1. The zero-order valence-electron chi connectivity index (χ0n) is 17.1. The van der Waals surface area contributed by atoms with Gasteiger partial charge in [0, 0.05) is 25.9 Å². The predicted molar refractivity (Wildman–Crippen MR) is 107 cm³/mol. The molecule has 0 spiro atoms. The minimum Gasteiger partial charge on any atom is -0.444 e. The summed E-state index contributed by atoms with van der Waals surface area (Å²) in [5, 5.41) is 10.9. The van der Waals surface area contributed by atoms with Crippen LogP contribution in [0.1, 0.15) is 44.7 Å². The van der Waals surface area contributed by atoms with E-state index >= 15 is 0 Å². The van der Waals surface area contributed by atoms with Gasteiger partial charge in [-0.15, -0.1) is 0 Å². The van der Waals surface area contributed by atoms with E-state index in [4.69, 9.17) is 4.74 Å². The summed E-state index contributed by atoms with van der Waals surface area (Å²) in [6.45, 7) is 9.62. The number of hydrazone groups is 1. The summed E-state index contributed by atoms with van der Waals surface area (Å²) in [6, 6.07) is 5.76. The maximum absolute atomic E-state index is 12.4. The van der Waals surface area contributed by atoms with Gasteiger partial charge in [0.15, 0.2) is 0 Å². The van der Waals surface area contributed by atoms with E-state index in [1.807, 2.05) is 32.0 Å². The van der Waals surface area contributed by atoms with Gasteiger partial charge in [0.05, 0.1) is 5.69 Å². The molecule has 0 fully saturated rings. The van der Waals surface area contributed by atoms with Crippen LogP contribution in [0.4, 0.5) is 10.5 Å². The number of nitrogens with one attached hydrogen (secondary N) is 2. The summed E-state index contributed by atoms with van der Waals surface area (Å²) in [6.07, 6.45) is -0.0372. The van der Waals surface area contributed by atoms with Crippen LogP contribution in [0.2, 0.25) is 0 Å². The Morgan fingerprint density at radius 1 is 1.14 bits per heavy atom. The van der Waals surface area contributed by atoms with E-state index in [1.54, 1.807) is 20.8 Å². The Bertz CT molecular complexity index is 796. The molecule has 2 N–H and O–H groups in total. The number of alkyl carbamates (subject to hydrolysis) is 1. The van der Waals surface area contributed by atoms with E-state index in [-0.39, 0.29) is 43.5 Å². The average molecular weight is 388 g/mol. The number of carbonyl (C=O) groups is 3. The first-order chi connectivity index (χ1) is 13.1. The van der Waals surface area contributed by atoms with Crippen molar-refractivity contribution in [1.82, 2.24) is 10.6 Å². The Morgan fingerprint density at radius 3 is 2.50 bits per heavy atom. The lowest BCUT2D eigenvalue weighted by atomic mass is 10.1. The van der Waals surface area contributed by atoms with Gasteiger partial charge in [-0.1, -0.05) is 12.1 Å². The summed E-state index contributed by atoms with van der Waals surface area (Å²) in [5.74, 6) is -0.495. The van der Waals surface area contributed by atoms with Crippen LogP contribution in [0.15, 0.2) is 23.3 Å². The van der Waals surface area contributed by atoms with Crippen molar-refractivity contribution in [3.05, 3.63) is 29.3 Å². The third-order valence-corrected chi connectivity index (χ3v) is 3.97. The Kier molecular flexibility index (Phi) is 6.77. The highest BCUT2D eigenvalue weighted by molar-refractivity contribution is 6.40. The van der Waals surface area contributed by atoms with Gasteiger partial charge in [-0.2, -0.15) is 5.10 Å². The monoisotopic (exact) mass is 388 g/mol. The zero-order valence-corrected chi connectivity index (χ0v) is 17.1. The van der Waals surface area contributed by atoms with E-state index in [0.717, 1.165) is 11.1 Å². The molecule has 0 unspecified atom stereocenters. The van der Waals surface area contributed by atoms with Crippen molar-refractivity contribution in [3.8, 4) is 0 Å². The van der Waals surface area contributed by atoms with Crippen molar-refractivity contribution in [2.24, 2.45) is 5.10 Å². The third kappa shape index (κ3) is 6.07. The summed E-state index contributed by atoms with van der Waals surface area (Å²) in [4.78, 5) is 36.3. The first-order valence-electron chi connectivity index (χ1n) is 9.29. The van der Waals surface area contributed by atoms with Gasteiger partial charge in [-0.25, -0.2) is 9.80 Å². The number of anilines is 1. The van der Waals surface area contributed by atoms with Crippen molar-refractivity contribution in [1.29, 1.82) is 0 Å². The lowest BCUT2D eigenvalue weighted by Gasteiger charge is -2.25. The normalized spacial score (nSPS) is 14.4. The minimum atomic E-state index is -0.575. The number of nitrogens with zero attached hydrogens (tertiary/aromatic N) is 2. The highest BCUT2D eigenvalue weighted by atomic mass is 16.6. The molecular formula is C20H28N4O4. The molecular weight excluding hydrogens is 360 g/mol. The summed E-state index contributed by atoms with van der Waals surface area (Å²) in [7, 11) is 0. The molecule has 28 heavy (non-hydrogen) atoms. The largest absolute Gasteiger partial charge is 0.444 e. The molecule has 8 heteroatoms. The van der Waals surface area contributed by atoms with Crippen LogP contribution in [-0.4, -0.2) is 42.3 Å². The van der Waals surface area contributed by atoms with Crippen LogP contribution in [0.5, 0.6) is 0 Å². The number of carbonyl (C=O) groups excluding carboxylic acids is 3. The van der Waals surface area contributed by atoms with Gasteiger partial charge < -0.3 is 15.4 Å². The molecule has 1 aliphatic heterocycles. The first kappa shape index (κ1) is 21.4. The number of rotatable bonds is 5. The molecule has 1 aromatic carbocycles. The molecule has 2 rings (SSSR count). The molecule has 0 atom stereocenters. The van der Waals surface area contributed by atoms with Crippen molar-refractivity contribution in [3.63, 3.8) is 0 Å². The summed E-state index contributed by atoms with van der Waals surface area (Å²) >= 11 is 0. The van der Waals surface area contributed by atoms with Crippen LogP contribution in [0.25, 0.3) is 0 Å². The van der Waals surface area contributed by atoms with Gasteiger partial charge in [-0.05, 0) is 51.8 Å². The fraction of sp³-hybridized carbons (Fsp3) is 0.500. The molecule has 8 nitrogen and oxygen atoms in total. The quantitative estimate of drug-likeness (QED) is 0.757. The molecule has 1 aliphatic rings. The molecule has 0 aromatic heterocycles. The number of amides is 3. The topological polar surface area (TPSA) is 100 Å². The van der Waals surface area contributed by atoms with E-state index in [1.165, 1.54) is 5.01 Å². The van der Waals surface area contributed by atoms with E-state index in [9.17, 15) is 14.4 Å². The first-order valence-corrected chi connectivity index (χ1v) is 9.29. The predicted octanol–water partition coefficient (Wildman–Crippen LogP) is 2.43. The maximum atomic E-state index is 12.4. The fourth-order valence-electron chi connectivity index (χ4n) is 2.61. The molecule has 1 heterocycles. The van der Waals surface area contributed by atoms with E-state index < -0.39 is 11.7 Å².